The lowest BCUT2D eigenvalue weighted by Crippen LogP contribution is -2.36. The maximum atomic E-state index is 13.1. The molecule has 0 radical (unpaired) electrons. The van der Waals surface area contributed by atoms with Crippen LogP contribution in [0.1, 0.15) is 26.3 Å². The van der Waals surface area contributed by atoms with Crippen LogP contribution in [0, 0.1) is 5.82 Å². The van der Waals surface area contributed by atoms with Crippen molar-refractivity contribution in [3.8, 4) is 5.75 Å². The predicted octanol–water partition coefficient (Wildman–Crippen LogP) is 4.78. The van der Waals surface area contributed by atoms with Crippen LogP contribution in [0.4, 0.5) is 14.9 Å². The first-order chi connectivity index (χ1) is 11.3. The number of hydrogen-bond acceptors (Lipinski definition) is 3. The van der Waals surface area contributed by atoms with E-state index in [9.17, 15) is 9.18 Å². The third-order valence-corrected chi connectivity index (χ3v) is 3.25. The van der Waals surface area contributed by atoms with Gasteiger partial charge in [0, 0.05) is 5.69 Å². The van der Waals surface area contributed by atoms with E-state index in [1.807, 2.05) is 20.8 Å². The summed E-state index contributed by atoms with van der Waals surface area (Å²) in [4.78, 5) is 14.1. The number of hydrogen-bond donors (Lipinski definition) is 0. The zero-order valence-electron chi connectivity index (χ0n) is 14.4. The van der Waals surface area contributed by atoms with Gasteiger partial charge in [0.1, 0.15) is 17.2 Å². The Bertz CT molecular complexity index is 675. The number of methoxy groups -OCH3 is 1. The molecule has 0 fully saturated rings. The number of benzene rings is 2. The standard InChI is InChI=1S/C19H22FNO3/c1-19(2,3)24-18(22)21(13-14-5-7-15(20)8-6-14)16-9-11-17(23-4)12-10-16/h5-12H,13H2,1-4H3. The third kappa shape index (κ3) is 4.98. The summed E-state index contributed by atoms with van der Waals surface area (Å²) in [5.74, 6) is 0.386. The van der Waals surface area contributed by atoms with Crippen molar-refractivity contribution in [3.63, 3.8) is 0 Å². The van der Waals surface area contributed by atoms with Crippen LogP contribution in [0.3, 0.4) is 0 Å². The molecular weight excluding hydrogens is 309 g/mol. The van der Waals surface area contributed by atoms with Gasteiger partial charge < -0.3 is 9.47 Å². The molecule has 0 bridgehead atoms. The smallest absolute Gasteiger partial charge is 0.415 e. The molecule has 0 unspecified atom stereocenters. The first-order valence-electron chi connectivity index (χ1n) is 7.67. The fourth-order valence-electron chi connectivity index (χ4n) is 2.11. The Hall–Kier alpha value is -2.56. The van der Waals surface area contributed by atoms with Crippen molar-refractivity contribution >= 4 is 11.8 Å². The van der Waals surface area contributed by atoms with E-state index in [4.69, 9.17) is 9.47 Å². The van der Waals surface area contributed by atoms with Gasteiger partial charge in [-0.15, -0.1) is 0 Å². The van der Waals surface area contributed by atoms with E-state index < -0.39 is 11.7 Å². The second-order valence-corrected chi connectivity index (χ2v) is 6.39. The van der Waals surface area contributed by atoms with Gasteiger partial charge in [-0.05, 0) is 62.7 Å². The van der Waals surface area contributed by atoms with Crippen molar-refractivity contribution in [1.82, 2.24) is 0 Å². The average Bonchev–Trinajstić information content (AvgIpc) is 2.53. The van der Waals surface area contributed by atoms with E-state index in [2.05, 4.69) is 0 Å². The summed E-state index contributed by atoms with van der Waals surface area (Å²) in [5.41, 5.74) is 0.873. The highest BCUT2D eigenvalue weighted by Crippen LogP contribution is 2.23. The monoisotopic (exact) mass is 331 g/mol. The first-order valence-corrected chi connectivity index (χ1v) is 7.67. The van der Waals surface area contributed by atoms with Crippen LogP contribution in [-0.2, 0) is 11.3 Å². The average molecular weight is 331 g/mol. The van der Waals surface area contributed by atoms with Crippen LogP contribution >= 0.6 is 0 Å². The molecule has 2 aromatic carbocycles. The van der Waals surface area contributed by atoms with Crippen molar-refractivity contribution in [2.45, 2.75) is 32.9 Å². The van der Waals surface area contributed by atoms with Crippen molar-refractivity contribution < 1.29 is 18.7 Å². The first kappa shape index (κ1) is 17.8. The summed E-state index contributed by atoms with van der Waals surface area (Å²) in [6, 6.07) is 13.2. The molecule has 2 aromatic rings. The number of carbonyl (C=O) groups excluding carboxylic acids is 1. The normalized spacial score (nSPS) is 11.0. The Morgan fingerprint density at radius 1 is 1.04 bits per heavy atom. The summed E-state index contributed by atoms with van der Waals surface area (Å²) in [6.45, 7) is 5.72. The maximum Gasteiger partial charge on any atom is 0.415 e. The molecule has 0 heterocycles. The zero-order valence-corrected chi connectivity index (χ0v) is 14.4. The van der Waals surface area contributed by atoms with Gasteiger partial charge >= 0.3 is 6.09 Å². The number of ether oxygens (including phenoxy) is 2. The van der Waals surface area contributed by atoms with Crippen molar-refractivity contribution in [2.75, 3.05) is 12.0 Å². The molecular formula is C19H22FNO3. The van der Waals surface area contributed by atoms with Gasteiger partial charge in [-0.25, -0.2) is 9.18 Å². The second-order valence-electron chi connectivity index (χ2n) is 6.39. The molecule has 0 saturated carbocycles. The van der Waals surface area contributed by atoms with E-state index in [-0.39, 0.29) is 12.4 Å². The molecule has 5 heteroatoms. The highest BCUT2D eigenvalue weighted by Gasteiger charge is 2.23. The maximum absolute atomic E-state index is 13.1. The van der Waals surface area contributed by atoms with Crippen LogP contribution in [0.5, 0.6) is 5.75 Å². The van der Waals surface area contributed by atoms with E-state index in [0.717, 1.165) is 5.56 Å². The minimum absolute atomic E-state index is 0.279. The van der Waals surface area contributed by atoms with E-state index in [1.165, 1.54) is 17.0 Å². The largest absolute Gasteiger partial charge is 0.497 e. The lowest BCUT2D eigenvalue weighted by Gasteiger charge is -2.27. The fourth-order valence-corrected chi connectivity index (χ4v) is 2.11. The van der Waals surface area contributed by atoms with E-state index >= 15 is 0 Å². The third-order valence-electron chi connectivity index (χ3n) is 3.25. The minimum atomic E-state index is -0.607. The Labute approximate surface area is 141 Å². The Kier molecular flexibility index (Phi) is 5.44. The molecule has 0 aliphatic heterocycles. The number of amides is 1. The highest BCUT2D eigenvalue weighted by atomic mass is 19.1. The van der Waals surface area contributed by atoms with Gasteiger partial charge in [0.15, 0.2) is 0 Å². The highest BCUT2D eigenvalue weighted by molar-refractivity contribution is 5.87. The van der Waals surface area contributed by atoms with Crippen LogP contribution in [0.25, 0.3) is 0 Å². The molecule has 0 spiro atoms. The van der Waals surface area contributed by atoms with Gasteiger partial charge in [-0.3, -0.25) is 4.90 Å². The Balaban J connectivity index is 2.28. The molecule has 0 saturated heterocycles. The van der Waals surface area contributed by atoms with Gasteiger partial charge in [-0.2, -0.15) is 0 Å². The summed E-state index contributed by atoms with van der Waals surface area (Å²) in [7, 11) is 1.58. The van der Waals surface area contributed by atoms with Crippen molar-refractivity contribution in [2.24, 2.45) is 0 Å². The number of rotatable bonds is 4. The van der Waals surface area contributed by atoms with Gasteiger partial charge in [0.2, 0.25) is 0 Å². The van der Waals surface area contributed by atoms with Crippen LogP contribution in [0.15, 0.2) is 48.5 Å². The van der Waals surface area contributed by atoms with Crippen molar-refractivity contribution in [3.05, 3.63) is 59.9 Å². The molecule has 1 amide bonds. The van der Waals surface area contributed by atoms with Crippen LogP contribution in [-0.4, -0.2) is 18.8 Å². The van der Waals surface area contributed by atoms with Gasteiger partial charge in [-0.1, -0.05) is 12.1 Å². The summed E-state index contributed by atoms with van der Waals surface area (Å²) in [5, 5.41) is 0. The van der Waals surface area contributed by atoms with E-state index in [0.29, 0.717) is 11.4 Å². The topological polar surface area (TPSA) is 38.8 Å². The molecule has 128 valence electrons. The van der Waals surface area contributed by atoms with Gasteiger partial charge in [0.25, 0.3) is 0 Å². The zero-order chi connectivity index (χ0) is 17.7. The lowest BCUT2D eigenvalue weighted by molar-refractivity contribution is 0.0577. The summed E-state index contributed by atoms with van der Waals surface area (Å²) in [6.07, 6.45) is -0.461. The van der Waals surface area contributed by atoms with Gasteiger partial charge in [0.05, 0.1) is 13.7 Å². The van der Waals surface area contributed by atoms with Crippen LogP contribution in [0.2, 0.25) is 0 Å². The molecule has 24 heavy (non-hydrogen) atoms. The predicted molar refractivity (Wildman–Crippen MR) is 91.8 cm³/mol. The van der Waals surface area contributed by atoms with Crippen LogP contribution < -0.4 is 9.64 Å². The molecule has 0 aliphatic carbocycles. The number of nitrogens with zero attached hydrogens (tertiary/aromatic N) is 1. The van der Waals surface area contributed by atoms with Crippen molar-refractivity contribution in [1.29, 1.82) is 0 Å². The summed E-state index contributed by atoms with van der Waals surface area (Å²) < 4.78 is 23.7. The Morgan fingerprint density at radius 2 is 1.62 bits per heavy atom. The Morgan fingerprint density at radius 3 is 2.12 bits per heavy atom. The number of carbonyl (C=O) groups is 1. The van der Waals surface area contributed by atoms with E-state index in [1.54, 1.807) is 43.5 Å². The number of anilines is 1. The summed E-state index contributed by atoms with van der Waals surface area (Å²) >= 11 is 0. The molecule has 0 atom stereocenters. The number of halogens is 1. The SMILES string of the molecule is COc1ccc(N(Cc2ccc(F)cc2)C(=O)OC(C)(C)C)cc1. The lowest BCUT2D eigenvalue weighted by atomic mass is 10.2. The molecule has 2 rings (SSSR count). The quantitative estimate of drug-likeness (QED) is 0.809. The molecule has 4 nitrogen and oxygen atoms in total. The second kappa shape index (κ2) is 7.34. The fraction of sp³-hybridized carbons (Fsp3) is 0.316. The molecule has 0 N–H and O–H groups in total. The minimum Gasteiger partial charge on any atom is -0.497 e. The molecule has 0 aliphatic rings. The molecule has 0 aromatic heterocycles.